The minimum absolute atomic E-state index is 0.407. The highest BCUT2D eigenvalue weighted by molar-refractivity contribution is 7.71. The summed E-state index contributed by atoms with van der Waals surface area (Å²) in [4.78, 5) is 16.0. The lowest BCUT2D eigenvalue weighted by Crippen LogP contribution is -1.94. The summed E-state index contributed by atoms with van der Waals surface area (Å²) in [6.45, 7) is 0. The van der Waals surface area contributed by atoms with Crippen LogP contribution in [0.4, 0.5) is 0 Å². The maximum Gasteiger partial charge on any atom is 0.222 e. The van der Waals surface area contributed by atoms with Crippen molar-refractivity contribution in [3.05, 3.63) is 41.4 Å². The Morgan fingerprint density at radius 3 is 2.79 bits per heavy atom. The Morgan fingerprint density at radius 2 is 1.95 bits per heavy atom. The molecule has 7 heteroatoms. The minimum atomic E-state index is 0.407. The van der Waals surface area contributed by atoms with Crippen molar-refractivity contribution in [1.82, 2.24) is 29.5 Å². The summed E-state index contributed by atoms with van der Waals surface area (Å²) in [5, 5.41) is 3.15. The number of aromatic nitrogens is 6. The van der Waals surface area contributed by atoms with E-state index in [1.165, 1.54) is 0 Å². The summed E-state index contributed by atoms with van der Waals surface area (Å²) in [5.74, 6) is 0.746. The number of fused-ring (bicyclic) bond motifs is 3. The predicted octanol–water partition coefficient (Wildman–Crippen LogP) is 2.33. The number of imidazole rings is 1. The summed E-state index contributed by atoms with van der Waals surface area (Å²) < 4.78 is 2.09. The lowest BCUT2D eigenvalue weighted by Gasteiger charge is -1.93. The molecule has 0 aliphatic carbocycles. The van der Waals surface area contributed by atoms with E-state index in [2.05, 4.69) is 25.0 Å². The van der Waals surface area contributed by atoms with Gasteiger partial charge in [0.1, 0.15) is 5.52 Å². The molecule has 3 heterocycles. The van der Waals surface area contributed by atoms with Crippen molar-refractivity contribution in [2.75, 3.05) is 0 Å². The minimum Gasteiger partial charge on any atom is -0.340 e. The number of nitrogens with zero attached hydrogens (tertiary/aromatic N) is 4. The average Bonchev–Trinajstić information content (AvgIpc) is 3.05. The molecule has 0 fully saturated rings. The molecule has 4 rings (SSSR count). The molecule has 4 aromatic rings. The van der Waals surface area contributed by atoms with Gasteiger partial charge in [0, 0.05) is 5.56 Å². The third-order valence-electron chi connectivity index (χ3n) is 2.93. The molecule has 19 heavy (non-hydrogen) atoms. The van der Waals surface area contributed by atoms with Gasteiger partial charge in [-0.25, -0.2) is 14.5 Å². The maximum absolute atomic E-state index is 5.24. The van der Waals surface area contributed by atoms with Gasteiger partial charge in [0.25, 0.3) is 0 Å². The molecule has 0 aliphatic rings. The monoisotopic (exact) mass is 268 g/mol. The van der Waals surface area contributed by atoms with Crippen molar-refractivity contribution in [2.45, 2.75) is 0 Å². The zero-order chi connectivity index (χ0) is 12.8. The Balaban J connectivity index is 2.11. The van der Waals surface area contributed by atoms with Crippen molar-refractivity contribution in [1.29, 1.82) is 0 Å². The highest BCUT2D eigenvalue weighted by atomic mass is 32.1. The van der Waals surface area contributed by atoms with Gasteiger partial charge in [0.2, 0.25) is 4.77 Å². The van der Waals surface area contributed by atoms with E-state index >= 15 is 0 Å². The van der Waals surface area contributed by atoms with Crippen LogP contribution in [0.25, 0.3) is 28.2 Å². The molecule has 3 aromatic heterocycles. The number of hydrogen-bond acceptors (Lipinski definition) is 4. The van der Waals surface area contributed by atoms with Gasteiger partial charge in [0.15, 0.2) is 17.1 Å². The second-order valence-corrected chi connectivity index (χ2v) is 4.46. The molecular formula is C12H8N6S. The van der Waals surface area contributed by atoms with Gasteiger partial charge >= 0.3 is 0 Å². The summed E-state index contributed by atoms with van der Waals surface area (Å²) in [5.41, 5.74) is 3.04. The molecule has 1 aromatic carbocycles. The zero-order valence-corrected chi connectivity index (χ0v) is 10.5. The molecule has 0 bridgehead atoms. The van der Waals surface area contributed by atoms with E-state index in [9.17, 15) is 0 Å². The van der Waals surface area contributed by atoms with Crippen LogP contribution in [-0.4, -0.2) is 29.5 Å². The molecule has 0 atom stereocenters. The standard InChI is InChI=1S/C12H8N6S/c19-12-16-10-8(13-6-14-10)11-15-9(17-18(11)12)7-4-2-1-3-5-7/h1-6H,(H,15,17)(H,13,14,16,19). The molecule has 0 unspecified atom stereocenters. The molecule has 6 nitrogen and oxygen atoms in total. The summed E-state index contributed by atoms with van der Waals surface area (Å²) in [7, 11) is 0. The molecule has 0 spiro atoms. The van der Waals surface area contributed by atoms with Gasteiger partial charge in [-0.2, -0.15) is 4.98 Å². The van der Waals surface area contributed by atoms with Crippen LogP contribution in [0.5, 0.6) is 0 Å². The predicted molar refractivity (Wildman–Crippen MR) is 73.3 cm³/mol. The third kappa shape index (κ3) is 1.48. The fourth-order valence-electron chi connectivity index (χ4n) is 2.05. The normalized spacial score (nSPS) is 11.4. The maximum atomic E-state index is 5.24. The van der Waals surface area contributed by atoms with Gasteiger partial charge in [-0.15, -0.1) is 0 Å². The van der Waals surface area contributed by atoms with Crippen LogP contribution >= 0.6 is 12.2 Å². The second kappa shape index (κ2) is 3.72. The van der Waals surface area contributed by atoms with E-state index in [-0.39, 0.29) is 0 Å². The van der Waals surface area contributed by atoms with Gasteiger partial charge in [-0.1, -0.05) is 30.3 Å². The van der Waals surface area contributed by atoms with Gasteiger partial charge in [-0.05, 0) is 12.2 Å². The van der Waals surface area contributed by atoms with E-state index in [4.69, 9.17) is 12.2 Å². The molecule has 0 saturated carbocycles. The number of H-pyrrole nitrogens is 2. The smallest absolute Gasteiger partial charge is 0.222 e. The average molecular weight is 268 g/mol. The number of nitrogens with one attached hydrogen (secondary N) is 2. The largest absolute Gasteiger partial charge is 0.340 e. The fourth-order valence-corrected chi connectivity index (χ4v) is 2.27. The van der Waals surface area contributed by atoms with Gasteiger partial charge < -0.3 is 4.98 Å². The first kappa shape index (κ1) is 10.4. The first-order chi connectivity index (χ1) is 9.33. The SMILES string of the molecule is S=c1nc2nc[nH]c2c2nc(-c3ccccc3)[nH]n12. The van der Waals surface area contributed by atoms with Crippen LogP contribution in [0.1, 0.15) is 0 Å². The summed E-state index contributed by atoms with van der Waals surface area (Å²) >= 11 is 5.24. The zero-order valence-electron chi connectivity index (χ0n) is 9.66. The fraction of sp³-hybridized carbons (Fsp3) is 0. The second-order valence-electron chi connectivity index (χ2n) is 4.09. The Morgan fingerprint density at radius 1 is 1.11 bits per heavy atom. The number of benzene rings is 1. The van der Waals surface area contributed by atoms with Crippen LogP contribution in [0, 0.1) is 4.77 Å². The van der Waals surface area contributed by atoms with Crippen LogP contribution < -0.4 is 0 Å². The van der Waals surface area contributed by atoms with Crippen molar-refractivity contribution in [3.63, 3.8) is 0 Å². The highest BCUT2D eigenvalue weighted by Gasteiger charge is 2.11. The van der Waals surface area contributed by atoms with Crippen molar-refractivity contribution < 1.29 is 0 Å². The van der Waals surface area contributed by atoms with E-state index < -0.39 is 0 Å². The van der Waals surface area contributed by atoms with Gasteiger partial charge in [-0.3, -0.25) is 5.10 Å². The molecular weight excluding hydrogens is 260 g/mol. The van der Waals surface area contributed by atoms with E-state index in [1.807, 2.05) is 30.3 Å². The van der Waals surface area contributed by atoms with Crippen LogP contribution in [-0.2, 0) is 0 Å². The van der Waals surface area contributed by atoms with E-state index in [0.717, 1.165) is 16.9 Å². The Kier molecular flexibility index (Phi) is 2.04. The summed E-state index contributed by atoms with van der Waals surface area (Å²) in [6.07, 6.45) is 1.59. The quantitative estimate of drug-likeness (QED) is 0.520. The molecule has 2 N–H and O–H groups in total. The molecule has 0 aliphatic heterocycles. The van der Waals surface area contributed by atoms with E-state index in [0.29, 0.717) is 16.1 Å². The topological polar surface area (TPSA) is 74.7 Å². The number of aromatic amines is 2. The van der Waals surface area contributed by atoms with Crippen molar-refractivity contribution in [2.24, 2.45) is 0 Å². The first-order valence-corrected chi connectivity index (χ1v) is 6.11. The molecule has 92 valence electrons. The molecule has 0 saturated heterocycles. The van der Waals surface area contributed by atoms with Crippen molar-refractivity contribution >= 4 is 29.0 Å². The third-order valence-corrected chi connectivity index (χ3v) is 3.20. The highest BCUT2D eigenvalue weighted by Crippen LogP contribution is 2.19. The Bertz CT molecular complexity index is 933. The first-order valence-electron chi connectivity index (χ1n) is 5.70. The lowest BCUT2D eigenvalue weighted by atomic mass is 10.2. The Labute approximate surface area is 112 Å². The van der Waals surface area contributed by atoms with Crippen LogP contribution in [0.3, 0.4) is 0 Å². The van der Waals surface area contributed by atoms with E-state index in [1.54, 1.807) is 10.8 Å². The Hall–Kier alpha value is -2.54. The lowest BCUT2D eigenvalue weighted by molar-refractivity contribution is 0.916. The summed E-state index contributed by atoms with van der Waals surface area (Å²) in [6, 6.07) is 9.86. The van der Waals surface area contributed by atoms with Crippen molar-refractivity contribution in [3.8, 4) is 11.4 Å². The van der Waals surface area contributed by atoms with Crippen LogP contribution in [0.2, 0.25) is 0 Å². The number of hydrogen-bond donors (Lipinski definition) is 2. The molecule has 0 amide bonds. The van der Waals surface area contributed by atoms with Crippen LogP contribution in [0.15, 0.2) is 36.7 Å². The van der Waals surface area contributed by atoms with Gasteiger partial charge in [0.05, 0.1) is 6.33 Å². The molecule has 0 radical (unpaired) electrons. The number of rotatable bonds is 1.